The van der Waals surface area contributed by atoms with Crippen molar-refractivity contribution in [2.24, 2.45) is 5.92 Å². The van der Waals surface area contributed by atoms with E-state index in [1.807, 2.05) is 19.1 Å². The Kier molecular flexibility index (Phi) is 5.86. The van der Waals surface area contributed by atoms with Crippen LogP contribution in [0.4, 0.5) is 11.8 Å². The molecule has 2 heterocycles. The number of aryl methyl sites for hydroxylation is 1. The zero-order valence-corrected chi connectivity index (χ0v) is 16.5. The molecule has 1 aliphatic heterocycles. The summed E-state index contributed by atoms with van der Waals surface area (Å²) in [5.41, 5.74) is 3.70. The summed E-state index contributed by atoms with van der Waals surface area (Å²) in [6, 6.07) is 23.3. The van der Waals surface area contributed by atoms with Gasteiger partial charge in [-0.1, -0.05) is 60.7 Å². The zero-order chi connectivity index (χ0) is 19.2. The topological polar surface area (TPSA) is 41.1 Å². The Bertz CT molecular complexity index is 872. The summed E-state index contributed by atoms with van der Waals surface area (Å²) in [7, 11) is 0. The highest BCUT2D eigenvalue weighted by Gasteiger charge is 2.21. The van der Waals surface area contributed by atoms with Gasteiger partial charge in [0.15, 0.2) is 0 Å². The second-order valence-electron chi connectivity index (χ2n) is 7.65. The summed E-state index contributed by atoms with van der Waals surface area (Å²) in [5.74, 6) is 2.51. The Balaban J connectivity index is 1.36. The fourth-order valence-corrected chi connectivity index (χ4v) is 3.86. The van der Waals surface area contributed by atoms with Gasteiger partial charge in [-0.25, -0.2) is 4.98 Å². The quantitative estimate of drug-likeness (QED) is 0.671. The van der Waals surface area contributed by atoms with E-state index >= 15 is 0 Å². The molecule has 4 rings (SSSR count). The lowest BCUT2D eigenvalue weighted by Crippen LogP contribution is -2.35. The Morgan fingerprint density at radius 1 is 0.893 bits per heavy atom. The summed E-state index contributed by atoms with van der Waals surface area (Å²) in [6.45, 7) is 4.87. The molecular formula is C24H28N4. The molecule has 0 bridgehead atoms. The third-order valence-corrected chi connectivity index (χ3v) is 5.42. The smallest absolute Gasteiger partial charge is 0.227 e. The van der Waals surface area contributed by atoms with E-state index in [-0.39, 0.29) is 0 Å². The first-order valence-electron chi connectivity index (χ1n) is 10.2. The van der Waals surface area contributed by atoms with Crippen LogP contribution in [-0.2, 0) is 13.0 Å². The largest absolute Gasteiger partial charge is 0.366 e. The van der Waals surface area contributed by atoms with Crippen LogP contribution in [-0.4, -0.2) is 23.1 Å². The van der Waals surface area contributed by atoms with E-state index in [0.717, 1.165) is 43.0 Å². The molecule has 0 amide bonds. The van der Waals surface area contributed by atoms with Crippen LogP contribution < -0.4 is 10.2 Å². The predicted octanol–water partition coefficient (Wildman–Crippen LogP) is 4.86. The molecule has 2 aromatic carbocycles. The van der Waals surface area contributed by atoms with Gasteiger partial charge in [-0.3, -0.25) is 0 Å². The fourth-order valence-electron chi connectivity index (χ4n) is 3.86. The molecule has 1 aromatic heterocycles. The van der Waals surface area contributed by atoms with E-state index in [0.29, 0.717) is 0 Å². The summed E-state index contributed by atoms with van der Waals surface area (Å²) >= 11 is 0. The van der Waals surface area contributed by atoms with Gasteiger partial charge in [0.25, 0.3) is 0 Å². The third kappa shape index (κ3) is 4.89. The molecule has 0 radical (unpaired) electrons. The lowest BCUT2D eigenvalue weighted by Gasteiger charge is -2.32. The number of hydrogen-bond acceptors (Lipinski definition) is 4. The molecule has 1 N–H and O–H groups in total. The van der Waals surface area contributed by atoms with Crippen LogP contribution in [0.2, 0.25) is 0 Å². The van der Waals surface area contributed by atoms with Crippen LogP contribution >= 0.6 is 0 Å². The molecular weight excluding hydrogens is 344 g/mol. The first-order chi connectivity index (χ1) is 13.8. The molecule has 1 aliphatic rings. The van der Waals surface area contributed by atoms with Crippen LogP contribution in [0.25, 0.3) is 0 Å². The van der Waals surface area contributed by atoms with Gasteiger partial charge in [0.05, 0.1) is 0 Å². The SMILES string of the molecule is Cc1cc(NCc2ccccc2)nc(N2CCC(Cc3ccccc3)CC2)n1. The number of piperidine rings is 1. The minimum atomic E-state index is 0.749. The van der Waals surface area contributed by atoms with Crippen molar-refractivity contribution < 1.29 is 0 Å². The van der Waals surface area contributed by atoms with Crippen LogP contribution in [0, 0.1) is 12.8 Å². The molecule has 4 nitrogen and oxygen atoms in total. The zero-order valence-electron chi connectivity index (χ0n) is 16.5. The van der Waals surface area contributed by atoms with E-state index in [1.165, 1.54) is 30.4 Å². The lowest BCUT2D eigenvalue weighted by molar-refractivity contribution is 0.400. The maximum Gasteiger partial charge on any atom is 0.227 e. The number of hydrogen-bond donors (Lipinski definition) is 1. The number of nitrogens with zero attached hydrogens (tertiary/aromatic N) is 3. The average molecular weight is 373 g/mol. The van der Waals surface area contributed by atoms with Crippen LogP contribution in [0.1, 0.15) is 29.7 Å². The maximum absolute atomic E-state index is 4.79. The van der Waals surface area contributed by atoms with Crippen molar-refractivity contribution in [2.75, 3.05) is 23.3 Å². The molecule has 1 saturated heterocycles. The van der Waals surface area contributed by atoms with E-state index in [9.17, 15) is 0 Å². The van der Waals surface area contributed by atoms with Gasteiger partial charge in [0.2, 0.25) is 5.95 Å². The molecule has 0 atom stereocenters. The molecule has 0 aliphatic carbocycles. The lowest BCUT2D eigenvalue weighted by atomic mass is 9.90. The van der Waals surface area contributed by atoms with Crippen molar-refractivity contribution in [3.63, 3.8) is 0 Å². The van der Waals surface area contributed by atoms with Crippen molar-refractivity contribution in [3.8, 4) is 0 Å². The number of nitrogens with one attached hydrogen (secondary N) is 1. The van der Waals surface area contributed by atoms with Gasteiger partial charge in [0.1, 0.15) is 5.82 Å². The van der Waals surface area contributed by atoms with Crippen molar-refractivity contribution in [2.45, 2.75) is 32.7 Å². The summed E-state index contributed by atoms with van der Waals surface area (Å²) in [4.78, 5) is 11.8. The summed E-state index contributed by atoms with van der Waals surface area (Å²) in [5, 5.41) is 3.44. The maximum atomic E-state index is 4.79. The van der Waals surface area contributed by atoms with E-state index in [4.69, 9.17) is 9.97 Å². The third-order valence-electron chi connectivity index (χ3n) is 5.42. The predicted molar refractivity (Wildman–Crippen MR) is 116 cm³/mol. The Hall–Kier alpha value is -2.88. The number of benzene rings is 2. The fraction of sp³-hybridized carbons (Fsp3) is 0.333. The average Bonchev–Trinajstić information content (AvgIpc) is 2.74. The highest BCUT2D eigenvalue weighted by Crippen LogP contribution is 2.25. The van der Waals surface area contributed by atoms with Gasteiger partial charge in [-0.2, -0.15) is 4.98 Å². The molecule has 0 saturated carbocycles. The second-order valence-corrected chi connectivity index (χ2v) is 7.65. The van der Waals surface area contributed by atoms with Gasteiger partial charge >= 0.3 is 0 Å². The van der Waals surface area contributed by atoms with E-state index < -0.39 is 0 Å². The van der Waals surface area contributed by atoms with Crippen LogP contribution in [0.15, 0.2) is 66.7 Å². The highest BCUT2D eigenvalue weighted by atomic mass is 15.3. The molecule has 0 spiro atoms. The second kappa shape index (κ2) is 8.87. The summed E-state index contributed by atoms with van der Waals surface area (Å²) in [6.07, 6.45) is 3.56. The first-order valence-corrected chi connectivity index (χ1v) is 10.2. The standard InChI is InChI=1S/C24H28N4/c1-19-16-23(25-18-22-10-6-3-7-11-22)27-24(26-19)28-14-12-21(13-15-28)17-20-8-4-2-5-9-20/h2-11,16,21H,12-15,17-18H2,1H3,(H,25,26,27). The molecule has 4 heteroatoms. The van der Waals surface area contributed by atoms with Crippen molar-refractivity contribution in [1.29, 1.82) is 0 Å². The minimum absolute atomic E-state index is 0.749. The Labute approximate surface area is 167 Å². The molecule has 3 aromatic rings. The molecule has 28 heavy (non-hydrogen) atoms. The highest BCUT2D eigenvalue weighted by molar-refractivity contribution is 5.44. The van der Waals surface area contributed by atoms with Gasteiger partial charge in [-0.05, 0) is 43.2 Å². The van der Waals surface area contributed by atoms with Crippen molar-refractivity contribution >= 4 is 11.8 Å². The van der Waals surface area contributed by atoms with Gasteiger partial charge in [-0.15, -0.1) is 0 Å². The monoisotopic (exact) mass is 372 g/mol. The molecule has 144 valence electrons. The van der Waals surface area contributed by atoms with Crippen molar-refractivity contribution in [1.82, 2.24) is 9.97 Å². The van der Waals surface area contributed by atoms with E-state index in [2.05, 4.69) is 64.8 Å². The van der Waals surface area contributed by atoms with Gasteiger partial charge in [0, 0.05) is 31.4 Å². The van der Waals surface area contributed by atoms with Crippen LogP contribution in [0.5, 0.6) is 0 Å². The Morgan fingerprint density at radius 2 is 1.54 bits per heavy atom. The van der Waals surface area contributed by atoms with E-state index in [1.54, 1.807) is 0 Å². The number of rotatable bonds is 6. The molecule has 0 unspecified atom stereocenters. The summed E-state index contributed by atoms with van der Waals surface area (Å²) < 4.78 is 0. The number of aromatic nitrogens is 2. The normalized spacial score (nSPS) is 14.8. The van der Waals surface area contributed by atoms with Crippen molar-refractivity contribution in [3.05, 3.63) is 83.6 Å². The van der Waals surface area contributed by atoms with Gasteiger partial charge < -0.3 is 10.2 Å². The minimum Gasteiger partial charge on any atom is -0.366 e. The Morgan fingerprint density at radius 3 is 2.21 bits per heavy atom. The first kappa shape index (κ1) is 18.5. The molecule has 1 fully saturated rings. The van der Waals surface area contributed by atoms with Crippen LogP contribution in [0.3, 0.4) is 0 Å². The number of anilines is 2.